The third kappa shape index (κ3) is 10100. The Kier molecular flexibility index (Phi) is 15.0. The van der Waals surface area contributed by atoms with E-state index in [0.29, 0.717) is 0 Å². The Hall–Kier alpha value is 0.297. The van der Waals surface area contributed by atoms with Crippen LogP contribution in [0.5, 0.6) is 0 Å². The molecule has 0 saturated heterocycles. The van der Waals surface area contributed by atoms with E-state index in [0.717, 1.165) is 0 Å². The van der Waals surface area contributed by atoms with Crippen LogP contribution in [0, 0.1) is 0 Å². The van der Waals surface area contributed by atoms with E-state index in [1.807, 2.05) is 0 Å². The molecule has 0 spiro atoms. The summed E-state index contributed by atoms with van der Waals surface area (Å²) in [6.45, 7) is 0. The van der Waals surface area contributed by atoms with Crippen molar-refractivity contribution in [1.82, 2.24) is 0 Å². The molecule has 9 nitrogen and oxygen atoms in total. The standard InChI is InChI=1S/Li.2H2O4S.H2O.H/c;2*1-5(2,3)4;;/h;2*(H2,1,2,3,4);1H2;. The van der Waals surface area contributed by atoms with Gasteiger partial charge in [0.2, 0.25) is 0 Å². The van der Waals surface area contributed by atoms with E-state index in [2.05, 4.69) is 0 Å². The first-order valence-corrected chi connectivity index (χ1v) is 4.19. The summed E-state index contributed by atoms with van der Waals surface area (Å²) in [6, 6.07) is 0. The summed E-state index contributed by atoms with van der Waals surface area (Å²) in [5.41, 5.74) is 0. The van der Waals surface area contributed by atoms with Gasteiger partial charge in [-0.15, -0.1) is 0 Å². The second kappa shape index (κ2) is 7.92. The summed E-state index contributed by atoms with van der Waals surface area (Å²) < 4.78 is 63.2. The van der Waals surface area contributed by atoms with E-state index < -0.39 is 20.8 Å². The van der Waals surface area contributed by atoms with Crippen molar-refractivity contribution in [3.05, 3.63) is 0 Å². The van der Waals surface area contributed by atoms with Crippen molar-refractivity contribution in [2.24, 2.45) is 0 Å². The van der Waals surface area contributed by atoms with E-state index in [4.69, 9.17) is 35.0 Å². The molecular weight excluding hydrogens is 215 g/mol. The Morgan fingerprint density at radius 2 is 0.667 bits per heavy atom. The van der Waals surface area contributed by atoms with Crippen molar-refractivity contribution in [3.8, 4) is 0 Å². The van der Waals surface area contributed by atoms with Gasteiger partial charge in [-0.25, -0.2) is 0 Å². The molecule has 0 atom stereocenters. The van der Waals surface area contributed by atoms with Gasteiger partial charge in [0.1, 0.15) is 0 Å². The molecule has 0 fully saturated rings. The minimum absolute atomic E-state index is 0. The van der Waals surface area contributed by atoms with Crippen LogP contribution in [0.15, 0.2) is 0 Å². The van der Waals surface area contributed by atoms with Crippen LogP contribution in [0.4, 0.5) is 0 Å². The molecule has 0 aliphatic carbocycles. The first-order valence-electron chi connectivity index (χ1n) is 1.40. The quantitative estimate of drug-likeness (QED) is 0.250. The Morgan fingerprint density at radius 1 is 0.667 bits per heavy atom. The molecule has 0 aliphatic rings. The zero-order chi connectivity index (χ0) is 9.00. The predicted molar refractivity (Wildman–Crippen MR) is 39.1 cm³/mol. The summed E-state index contributed by atoms with van der Waals surface area (Å²) in [7, 11) is -9.33. The maximum atomic E-state index is 8.74. The fraction of sp³-hybridized carbons (Fsp3) is 0. The molecule has 0 saturated carbocycles. The van der Waals surface area contributed by atoms with Crippen LogP contribution in [0.25, 0.3) is 0 Å². The molecule has 0 radical (unpaired) electrons. The summed E-state index contributed by atoms with van der Waals surface area (Å²) in [5, 5.41) is 0. The molecule has 12 heavy (non-hydrogen) atoms. The molecule has 0 aliphatic heterocycles. The SMILES string of the molecule is O.O=S(=O)(O)O.O=S(=O)(O)O.[LiH]. The van der Waals surface area contributed by atoms with Crippen molar-refractivity contribution in [2.75, 3.05) is 0 Å². The van der Waals surface area contributed by atoms with Gasteiger partial charge in [0, 0.05) is 0 Å². The normalized spacial score (nSPS) is 9.67. The Labute approximate surface area is 80.4 Å². The second-order valence-corrected chi connectivity index (χ2v) is 2.69. The average molecular weight is 222 g/mol. The Balaban J connectivity index is -0.0000000457. The fourth-order valence-electron chi connectivity index (χ4n) is 0. The third-order valence-corrected chi connectivity index (χ3v) is 0. The molecule has 0 rings (SSSR count). The van der Waals surface area contributed by atoms with Crippen LogP contribution in [0.2, 0.25) is 0 Å². The summed E-state index contributed by atoms with van der Waals surface area (Å²) in [4.78, 5) is 0. The van der Waals surface area contributed by atoms with Crippen LogP contribution in [-0.4, -0.2) is 59.4 Å². The van der Waals surface area contributed by atoms with Gasteiger partial charge in [-0.3, -0.25) is 18.2 Å². The van der Waals surface area contributed by atoms with Gasteiger partial charge in [-0.05, 0) is 0 Å². The summed E-state index contributed by atoms with van der Waals surface area (Å²) in [5.74, 6) is 0. The number of hydrogen-bond acceptors (Lipinski definition) is 4. The van der Waals surface area contributed by atoms with E-state index in [1.54, 1.807) is 0 Å². The van der Waals surface area contributed by atoms with Crippen molar-refractivity contribution in [3.63, 3.8) is 0 Å². The number of rotatable bonds is 0. The van der Waals surface area contributed by atoms with Gasteiger partial charge in [-0.1, -0.05) is 0 Å². The van der Waals surface area contributed by atoms with E-state index in [1.165, 1.54) is 0 Å². The van der Waals surface area contributed by atoms with Crippen LogP contribution in [0.1, 0.15) is 0 Å². The molecule has 0 aromatic rings. The number of hydrogen-bond donors (Lipinski definition) is 4. The molecule has 74 valence electrons. The van der Waals surface area contributed by atoms with E-state index in [9.17, 15) is 0 Å². The molecule has 0 heterocycles. The third-order valence-electron chi connectivity index (χ3n) is 0. The first-order chi connectivity index (χ1) is 4.00. The first kappa shape index (κ1) is 22.8. The zero-order valence-corrected chi connectivity index (χ0v) is 6.37. The van der Waals surface area contributed by atoms with Crippen LogP contribution in [0.3, 0.4) is 0 Å². The van der Waals surface area contributed by atoms with E-state index >= 15 is 0 Å². The van der Waals surface area contributed by atoms with Gasteiger partial charge in [0.05, 0.1) is 0 Å². The van der Waals surface area contributed by atoms with Crippen LogP contribution in [-0.2, 0) is 20.8 Å². The molecule has 0 aromatic carbocycles. The molecular formula is H7LiO9S2. The van der Waals surface area contributed by atoms with Gasteiger partial charge in [-0.2, -0.15) is 16.8 Å². The molecule has 6 N–H and O–H groups in total. The molecule has 0 bridgehead atoms. The fourth-order valence-corrected chi connectivity index (χ4v) is 0. The molecule has 12 heteroatoms. The second-order valence-electron chi connectivity index (χ2n) is 0.896. The topological polar surface area (TPSA) is 181 Å². The average Bonchev–Trinajstić information content (AvgIpc) is 1.12. The van der Waals surface area contributed by atoms with Crippen molar-refractivity contribution in [2.45, 2.75) is 0 Å². The van der Waals surface area contributed by atoms with Gasteiger partial charge >= 0.3 is 39.7 Å². The maximum absolute atomic E-state index is 8.74. The Morgan fingerprint density at radius 3 is 0.667 bits per heavy atom. The molecule has 0 unspecified atom stereocenters. The predicted octanol–water partition coefficient (Wildman–Crippen LogP) is -2.78. The monoisotopic (exact) mass is 222 g/mol. The Bertz CT molecular complexity index is 209. The van der Waals surface area contributed by atoms with Gasteiger partial charge in [0.25, 0.3) is 0 Å². The van der Waals surface area contributed by atoms with Crippen LogP contribution >= 0.6 is 0 Å². The summed E-state index contributed by atoms with van der Waals surface area (Å²) >= 11 is 0. The van der Waals surface area contributed by atoms with Gasteiger partial charge in [0.15, 0.2) is 0 Å². The molecule has 0 aromatic heterocycles. The van der Waals surface area contributed by atoms with Crippen molar-refractivity contribution >= 4 is 39.7 Å². The van der Waals surface area contributed by atoms with Crippen molar-refractivity contribution in [1.29, 1.82) is 0 Å². The minimum atomic E-state index is -4.67. The van der Waals surface area contributed by atoms with Crippen LogP contribution < -0.4 is 0 Å². The van der Waals surface area contributed by atoms with Crippen molar-refractivity contribution < 1.29 is 40.5 Å². The summed E-state index contributed by atoms with van der Waals surface area (Å²) in [6.07, 6.45) is 0. The molecule has 0 amide bonds. The zero-order valence-electron chi connectivity index (χ0n) is 4.74. The van der Waals surface area contributed by atoms with E-state index in [-0.39, 0.29) is 24.3 Å². The van der Waals surface area contributed by atoms with Gasteiger partial charge < -0.3 is 5.48 Å².